The molecule has 78 valence electrons. The molecule has 0 aromatic rings. The van der Waals surface area contributed by atoms with Crippen LogP contribution in [0.4, 0.5) is 4.39 Å². The fraction of sp³-hybridized carbons (Fsp3) is 1.00. The van der Waals surface area contributed by atoms with Crippen molar-refractivity contribution in [1.29, 1.82) is 0 Å². The van der Waals surface area contributed by atoms with Gasteiger partial charge in [0, 0.05) is 0 Å². The van der Waals surface area contributed by atoms with Crippen LogP contribution >= 0.6 is 0 Å². The lowest BCUT2D eigenvalue weighted by Gasteiger charge is -2.31. The normalized spacial score (nSPS) is 34.8. The van der Waals surface area contributed by atoms with Crippen LogP contribution in [0.5, 0.6) is 0 Å². The van der Waals surface area contributed by atoms with Crippen molar-refractivity contribution >= 4 is 0 Å². The summed E-state index contributed by atoms with van der Waals surface area (Å²) in [5.41, 5.74) is -0.862. The van der Waals surface area contributed by atoms with Crippen molar-refractivity contribution in [1.82, 2.24) is 5.32 Å². The number of nitrogens with one attached hydrogen (secondary N) is 1. The van der Waals surface area contributed by atoms with E-state index in [-0.39, 0.29) is 0 Å². The third-order valence-corrected chi connectivity index (χ3v) is 3.19. The molecule has 0 aromatic heterocycles. The molecule has 0 heterocycles. The molecular weight excluding hydrogens is 165 g/mol. The summed E-state index contributed by atoms with van der Waals surface area (Å²) in [6.45, 7) is 2.85. The van der Waals surface area contributed by atoms with E-state index in [1.165, 1.54) is 12.8 Å². The van der Waals surface area contributed by atoms with Gasteiger partial charge in [0.25, 0.3) is 0 Å². The summed E-state index contributed by atoms with van der Waals surface area (Å²) in [4.78, 5) is 0. The van der Waals surface area contributed by atoms with Gasteiger partial charge in [0.15, 0.2) is 0 Å². The van der Waals surface area contributed by atoms with E-state index < -0.39 is 5.67 Å². The van der Waals surface area contributed by atoms with E-state index in [1.54, 1.807) is 6.92 Å². The van der Waals surface area contributed by atoms with Crippen LogP contribution in [0.2, 0.25) is 0 Å². The molecule has 0 atom stereocenters. The van der Waals surface area contributed by atoms with Crippen molar-refractivity contribution in [3.8, 4) is 0 Å². The maximum Gasteiger partial charge on any atom is 0.108 e. The van der Waals surface area contributed by atoms with Gasteiger partial charge in [-0.05, 0) is 65.0 Å². The molecule has 1 N–H and O–H groups in total. The van der Waals surface area contributed by atoms with Crippen LogP contribution in [0.3, 0.4) is 0 Å². The Balaban J connectivity index is 2.11. The maximum absolute atomic E-state index is 13.4. The first kappa shape index (κ1) is 11.0. The number of hydrogen-bond acceptors (Lipinski definition) is 1. The summed E-state index contributed by atoms with van der Waals surface area (Å²) in [7, 11) is 1.99. The highest BCUT2D eigenvalue weighted by atomic mass is 19.1. The molecule has 0 aromatic carbocycles. The Bertz CT molecular complexity index is 135. The lowest BCUT2D eigenvalue weighted by Crippen LogP contribution is -2.26. The number of halogens is 1. The molecule has 0 spiro atoms. The second-order valence-electron chi connectivity index (χ2n) is 4.60. The monoisotopic (exact) mass is 187 g/mol. The van der Waals surface area contributed by atoms with Crippen LogP contribution in [0, 0.1) is 5.92 Å². The minimum atomic E-state index is -0.862. The highest BCUT2D eigenvalue weighted by Gasteiger charge is 2.29. The molecule has 0 saturated heterocycles. The minimum Gasteiger partial charge on any atom is -0.320 e. The third-order valence-electron chi connectivity index (χ3n) is 3.19. The van der Waals surface area contributed by atoms with Gasteiger partial charge in [-0.15, -0.1) is 0 Å². The first-order chi connectivity index (χ1) is 6.14. The SMILES string of the molecule is CNCCCC1CCC(C)(F)CC1. The van der Waals surface area contributed by atoms with Crippen molar-refractivity contribution < 1.29 is 4.39 Å². The van der Waals surface area contributed by atoms with Crippen LogP contribution in [-0.2, 0) is 0 Å². The van der Waals surface area contributed by atoms with E-state index in [2.05, 4.69) is 5.32 Å². The summed E-state index contributed by atoms with van der Waals surface area (Å²) in [5.74, 6) is 0.789. The van der Waals surface area contributed by atoms with Crippen molar-refractivity contribution in [2.45, 2.75) is 51.1 Å². The van der Waals surface area contributed by atoms with Gasteiger partial charge in [0.05, 0.1) is 0 Å². The molecule has 0 radical (unpaired) electrons. The van der Waals surface area contributed by atoms with Crippen molar-refractivity contribution in [3.05, 3.63) is 0 Å². The fourth-order valence-electron chi connectivity index (χ4n) is 2.14. The van der Waals surface area contributed by atoms with Crippen LogP contribution in [0.15, 0.2) is 0 Å². The molecule has 0 bridgehead atoms. The molecule has 1 aliphatic rings. The van der Waals surface area contributed by atoms with Gasteiger partial charge in [-0.1, -0.05) is 0 Å². The zero-order valence-electron chi connectivity index (χ0n) is 8.91. The average molecular weight is 187 g/mol. The molecular formula is C11H22FN. The Kier molecular flexibility index (Phi) is 4.17. The van der Waals surface area contributed by atoms with Crippen LogP contribution in [0.25, 0.3) is 0 Å². The first-order valence-electron chi connectivity index (χ1n) is 5.47. The minimum absolute atomic E-state index is 0.775. The van der Waals surface area contributed by atoms with E-state index in [9.17, 15) is 4.39 Å². The Morgan fingerprint density at radius 2 is 2.00 bits per heavy atom. The summed E-state index contributed by atoms with van der Waals surface area (Å²) in [6.07, 6.45) is 6.25. The quantitative estimate of drug-likeness (QED) is 0.667. The van der Waals surface area contributed by atoms with Gasteiger partial charge in [-0.2, -0.15) is 0 Å². The lowest BCUT2D eigenvalue weighted by molar-refractivity contribution is 0.100. The molecule has 2 heteroatoms. The summed E-state index contributed by atoms with van der Waals surface area (Å²) in [6, 6.07) is 0. The molecule has 0 amide bonds. The summed E-state index contributed by atoms with van der Waals surface area (Å²) < 4.78 is 13.4. The highest BCUT2D eigenvalue weighted by molar-refractivity contribution is 4.81. The Hall–Kier alpha value is -0.110. The second kappa shape index (κ2) is 4.94. The predicted molar refractivity (Wildman–Crippen MR) is 54.6 cm³/mol. The zero-order chi connectivity index (χ0) is 9.73. The van der Waals surface area contributed by atoms with Crippen LogP contribution in [-0.4, -0.2) is 19.3 Å². The molecule has 1 saturated carbocycles. The number of hydrogen-bond donors (Lipinski definition) is 1. The molecule has 1 aliphatic carbocycles. The van der Waals surface area contributed by atoms with Crippen molar-refractivity contribution in [2.75, 3.05) is 13.6 Å². The lowest BCUT2D eigenvalue weighted by atomic mass is 9.79. The van der Waals surface area contributed by atoms with E-state index in [0.717, 1.165) is 38.1 Å². The van der Waals surface area contributed by atoms with Gasteiger partial charge in [0.2, 0.25) is 0 Å². The zero-order valence-corrected chi connectivity index (χ0v) is 8.91. The summed E-state index contributed by atoms with van der Waals surface area (Å²) >= 11 is 0. The largest absolute Gasteiger partial charge is 0.320 e. The van der Waals surface area contributed by atoms with E-state index in [4.69, 9.17) is 0 Å². The highest BCUT2D eigenvalue weighted by Crippen LogP contribution is 2.36. The van der Waals surface area contributed by atoms with Gasteiger partial charge >= 0.3 is 0 Å². The molecule has 0 aliphatic heterocycles. The third kappa shape index (κ3) is 4.08. The smallest absolute Gasteiger partial charge is 0.108 e. The number of alkyl halides is 1. The van der Waals surface area contributed by atoms with Gasteiger partial charge in [-0.25, -0.2) is 4.39 Å². The predicted octanol–water partition coefficient (Wildman–Crippen LogP) is 2.90. The molecule has 1 nitrogen and oxygen atoms in total. The summed E-state index contributed by atoms with van der Waals surface area (Å²) in [5, 5.41) is 3.15. The Labute approximate surface area is 81.1 Å². The molecule has 13 heavy (non-hydrogen) atoms. The van der Waals surface area contributed by atoms with Gasteiger partial charge in [0.1, 0.15) is 5.67 Å². The topological polar surface area (TPSA) is 12.0 Å². The Morgan fingerprint density at radius 3 is 2.54 bits per heavy atom. The van der Waals surface area contributed by atoms with E-state index >= 15 is 0 Å². The van der Waals surface area contributed by atoms with Gasteiger partial charge < -0.3 is 5.32 Å². The first-order valence-corrected chi connectivity index (χ1v) is 5.47. The van der Waals surface area contributed by atoms with Crippen molar-refractivity contribution in [2.24, 2.45) is 5.92 Å². The standard InChI is InChI=1S/C11H22FN/c1-11(12)7-5-10(6-8-11)4-3-9-13-2/h10,13H,3-9H2,1-2H3. The van der Waals surface area contributed by atoms with Gasteiger partial charge in [-0.3, -0.25) is 0 Å². The molecule has 1 rings (SSSR count). The molecule has 1 fully saturated rings. The maximum atomic E-state index is 13.4. The van der Waals surface area contributed by atoms with E-state index in [1.807, 2.05) is 7.05 Å². The Morgan fingerprint density at radius 1 is 1.38 bits per heavy atom. The van der Waals surface area contributed by atoms with Crippen LogP contribution < -0.4 is 5.32 Å². The van der Waals surface area contributed by atoms with E-state index in [0.29, 0.717) is 0 Å². The van der Waals surface area contributed by atoms with Crippen LogP contribution in [0.1, 0.15) is 45.4 Å². The average Bonchev–Trinajstić information content (AvgIpc) is 2.08. The second-order valence-corrected chi connectivity index (χ2v) is 4.60. The molecule has 0 unspecified atom stereocenters. The fourth-order valence-corrected chi connectivity index (χ4v) is 2.14. The van der Waals surface area contributed by atoms with Crippen molar-refractivity contribution in [3.63, 3.8) is 0 Å². The number of rotatable bonds is 4.